The van der Waals surface area contributed by atoms with Gasteiger partial charge < -0.3 is 10.6 Å². The van der Waals surface area contributed by atoms with E-state index in [1.807, 2.05) is 0 Å². The van der Waals surface area contributed by atoms with E-state index < -0.39 is 5.91 Å². The largest absolute Gasteiger partial charge is 0.355 e. The van der Waals surface area contributed by atoms with Gasteiger partial charge in [0.15, 0.2) is 5.69 Å². The van der Waals surface area contributed by atoms with E-state index in [1.54, 1.807) is 31.3 Å². The fourth-order valence-corrected chi connectivity index (χ4v) is 1.39. The van der Waals surface area contributed by atoms with Gasteiger partial charge in [0.25, 0.3) is 11.8 Å². The summed E-state index contributed by atoms with van der Waals surface area (Å²) in [7, 11) is 1.54. The summed E-state index contributed by atoms with van der Waals surface area (Å²) < 4.78 is 0. The molecule has 0 atom stereocenters. The second-order valence-electron chi connectivity index (χ2n) is 3.47. The van der Waals surface area contributed by atoms with Gasteiger partial charge in [0, 0.05) is 18.3 Å². The monoisotopic (exact) mass is 245 g/mol. The van der Waals surface area contributed by atoms with Crippen LogP contribution >= 0.6 is 0 Å². The number of anilines is 1. The Balaban J connectivity index is 2.15. The highest BCUT2D eigenvalue weighted by molar-refractivity contribution is 6.03. The van der Waals surface area contributed by atoms with Crippen molar-refractivity contribution in [2.45, 2.75) is 0 Å². The Labute approximate surface area is 103 Å². The maximum absolute atomic E-state index is 11.7. The molecule has 0 radical (unpaired) electrons. The molecule has 1 aromatic heterocycles. The van der Waals surface area contributed by atoms with Gasteiger partial charge >= 0.3 is 0 Å². The molecule has 0 aliphatic heterocycles. The van der Waals surface area contributed by atoms with Crippen molar-refractivity contribution in [1.82, 2.24) is 20.7 Å². The van der Waals surface area contributed by atoms with Gasteiger partial charge in [-0.1, -0.05) is 6.07 Å². The number of H-pyrrole nitrogens is 1. The van der Waals surface area contributed by atoms with Crippen molar-refractivity contribution in [3.05, 3.63) is 41.7 Å². The van der Waals surface area contributed by atoms with Crippen LogP contribution in [0.2, 0.25) is 0 Å². The van der Waals surface area contributed by atoms with Crippen molar-refractivity contribution >= 4 is 17.5 Å². The lowest BCUT2D eigenvalue weighted by atomic mass is 10.2. The second kappa shape index (κ2) is 5.09. The summed E-state index contributed by atoms with van der Waals surface area (Å²) in [4.78, 5) is 23.1. The molecule has 7 heteroatoms. The molecule has 0 aliphatic carbocycles. The summed E-state index contributed by atoms with van der Waals surface area (Å²) in [6.45, 7) is 0. The molecule has 0 bridgehead atoms. The normalized spacial score (nSPS) is 9.83. The lowest BCUT2D eigenvalue weighted by molar-refractivity contribution is 0.0961. The lowest BCUT2D eigenvalue weighted by Gasteiger charge is -2.05. The number of hydrogen-bond acceptors (Lipinski definition) is 4. The molecule has 0 aliphatic rings. The number of benzene rings is 1. The van der Waals surface area contributed by atoms with E-state index in [0.29, 0.717) is 11.3 Å². The van der Waals surface area contributed by atoms with Crippen LogP contribution in [-0.4, -0.2) is 34.3 Å². The topological polar surface area (TPSA) is 99.8 Å². The highest BCUT2D eigenvalue weighted by Crippen LogP contribution is 2.11. The molecule has 1 aromatic carbocycles. The zero-order valence-electron chi connectivity index (χ0n) is 9.60. The van der Waals surface area contributed by atoms with Crippen molar-refractivity contribution in [2.24, 2.45) is 0 Å². The Hall–Kier alpha value is -2.70. The fraction of sp³-hybridized carbons (Fsp3) is 0.0909. The lowest BCUT2D eigenvalue weighted by Crippen LogP contribution is -2.18. The van der Waals surface area contributed by atoms with E-state index in [9.17, 15) is 9.59 Å². The number of hydrogen-bond donors (Lipinski definition) is 3. The average Bonchev–Trinajstić information content (AvgIpc) is 2.92. The summed E-state index contributed by atoms with van der Waals surface area (Å²) >= 11 is 0. The average molecular weight is 245 g/mol. The van der Waals surface area contributed by atoms with Crippen LogP contribution in [-0.2, 0) is 0 Å². The minimum Gasteiger partial charge on any atom is -0.355 e. The van der Waals surface area contributed by atoms with Crippen LogP contribution in [0.1, 0.15) is 20.8 Å². The van der Waals surface area contributed by atoms with Gasteiger partial charge in [-0.15, -0.1) is 0 Å². The minimum atomic E-state index is -0.391. The molecule has 0 saturated carbocycles. The van der Waals surface area contributed by atoms with Crippen LogP contribution in [0, 0.1) is 0 Å². The number of rotatable bonds is 3. The molecule has 18 heavy (non-hydrogen) atoms. The Morgan fingerprint density at radius 3 is 2.78 bits per heavy atom. The van der Waals surface area contributed by atoms with Gasteiger partial charge in [0.05, 0.1) is 6.20 Å². The van der Waals surface area contributed by atoms with Gasteiger partial charge in [-0.2, -0.15) is 15.4 Å². The van der Waals surface area contributed by atoms with Gasteiger partial charge in [-0.25, -0.2) is 0 Å². The fourth-order valence-electron chi connectivity index (χ4n) is 1.39. The van der Waals surface area contributed by atoms with Crippen molar-refractivity contribution in [1.29, 1.82) is 0 Å². The number of amides is 2. The predicted octanol–water partition coefficient (Wildman–Crippen LogP) is 0.417. The van der Waals surface area contributed by atoms with Crippen LogP contribution in [0.4, 0.5) is 5.69 Å². The number of nitrogens with one attached hydrogen (secondary N) is 3. The van der Waals surface area contributed by atoms with E-state index in [0.717, 1.165) is 0 Å². The first kappa shape index (κ1) is 11.8. The molecular formula is C11H11N5O2. The predicted molar refractivity (Wildman–Crippen MR) is 64.2 cm³/mol. The van der Waals surface area contributed by atoms with Crippen LogP contribution in [0.25, 0.3) is 0 Å². The number of carbonyl (C=O) groups is 2. The van der Waals surface area contributed by atoms with Crippen LogP contribution in [0.15, 0.2) is 30.5 Å². The first-order chi connectivity index (χ1) is 8.70. The third-order valence-electron chi connectivity index (χ3n) is 2.26. The molecule has 7 nitrogen and oxygen atoms in total. The van der Waals surface area contributed by atoms with Crippen LogP contribution < -0.4 is 10.6 Å². The van der Waals surface area contributed by atoms with Crippen molar-refractivity contribution in [3.8, 4) is 0 Å². The van der Waals surface area contributed by atoms with Crippen molar-refractivity contribution in [3.63, 3.8) is 0 Å². The molecular weight excluding hydrogens is 234 g/mol. The van der Waals surface area contributed by atoms with Gasteiger partial charge in [0.2, 0.25) is 0 Å². The molecule has 0 unspecified atom stereocenters. The SMILES string of the molecule is CNC(=O)c1cccc(NC(=O)c2cn[nH]n2)c1. The van der Waals surface area contributed by atoms with Gasteiger partial charge in [-0.3, -0.25) is 9.59 Å². The van der Waals surface area contributed by atoms with E-state index >= 15 is 0 Å². The van der Waals surface area contributed by atoms with E-state index in [1.165, 1.54) is 6.20 Å². The summed E-state index contributed by atoms with van der Waals surface area (Å²) in [5.74, 6) is -0.606. The minimum absolute atomic E-state index is 0.181. The second-order valence-corrected chi connectivity index (χ2v) is 3.47. The molecule has 3 N–H and O–H groups in total. The molecule has 2 rings (SSSR count). The molecule has 1 heterocycles. The van der Waals surface area contributed by atoms with E-state index in [4.69, 9.17) is 0 Å². The Morgan fingerprint density at radius 1 is 1.28 bits per heavy atom. The maximum Gasteiger partial charge on any atom is 0.277 e. The smallest absolute Gasteiger partial charge is 0.277 e. The third-order valence-corrected chi connectivity index (χ3v) is 2.26. The van der Waals surface area contributed by atoms with E-state index in [-0.39, 0.29) is 11.6 Å². The highest BCUT2D eigenvalue weighted by atomic mass is 16.2. The first-order valence-corrected chi connectivity index (χ1v) is 5.20. The molecule has 2 amide bonds. The Morgan fingerprint density at radius 2 is 2.11 bits per heavy atom. The zero-order valence-corrected chi connectivity index (χ0v) is 9.60. The van der Waals surface area contributed by atoms with Gasteiger partial charge in [-0.05, 0) is 18.2 Å². The molecule has 2 aromatic rings. The van der Waals surface area contributed by atoms with Crippen LogP contribution in [0.3, 0.4) is 0 Å². The molecule has 0 saturated heterocycles. The third kappa shape index (κ3) is 2.51. The van der Waals surface area contributed by atoms with Crippen LogP contribution in [0.5, 0.6) is 0 Å². The number of aromatic amines is 1. The molecule has 0 fully saturated rings. The van der Waals surface area contributed by atoms with Crippen molar-refractivity contribution < 1.29 is 9.59 Å². The highest BCUT2D eigenvalue weighted by Gasteiger charge is 2.10. The Kier molecular flexibility index (Phi) is 3.33. The maximum atomic E-state index is 11.7. The summed E-state index contributed by atoms with van der Waals surface area (Å²) in [6.07, 6.45) is 1.32. The van der Waals surface area contributed by atoms with E-state index in [2.05, 4.69) is 26.0 Å². The zero-order chi connectivity index (χ0) is 13.0. The molecule has 92 valence electrons. The number of carbonyl (C=O) groups excluding carboxylic acids is 2. The summed E-state index contributed by atoms with van der Waals surface area (Å²) in [5, 5.41) is 14.7. The standard InChI is InChI=1S/C11H11N5O2/c1-12-10(17)7-3-2-4-8(5-7)14-11(18)9-6-13-16-15-9/h2-6H,1H3,(H,12,17)(H,14,18)(H,13,15,16). The quantitative estimate of drug-likeness (QED) is 0.729. The van der Waals surface area contributed by atoms with Crippen molar-refractivity contribution in [2.75, 3.05) is 12.4 Å². The Bertz CT molecular complexity index is 565. The van der Waals surface area contributed by atoms with Gasteiger partial charge in [0.1, 0.15) is 0 Å². The summed E-state index contributed by atoms with van der Waals surface area (Å²) in [5.41, 5.74) is 1.17. The number of nitrogens with zero attached hydrogens (tertiary/aromatic N) is 2. The first-order valence-electron chi connectivity index (χ1n) is 5.20. The number of aromatic nitrogens is 3. The molecule has 0 spiro atoms. The summed E-state index contributed by atoms with van der Waals surface area (Å²) in [6, 6.07) is 6.61.